The van der Waals surface area contributed by atoms with Crippen LogP contribution in [0.4, 0.5) is 0 Å². The number of fused-ring (bicyclic) bond motifs is 9. The molecule has 6 nitrogen and oxygen atoms in total. The van der Waals surface area contributed by atoms with Gasteiger partial charge in [0.25, 0.3) is 0 Å². The molecule has 5 aromatic heterocycles. The summed E-state index contributed by atoms with van der Waals surface area (Å²) in [5.74, 6) is 1.68. The molecule has 204 valence electrons. The average Bonchev–Trinajstić information content (AvgIpc) is 3.56. The number of allylic oxidation sites excluding steroid dienone is 1. The van der Waals surface area contributed by atoms with Gasteiger partial charge in [-0.2, -0.15) is 0 Å². The van der Waals surface area contributed by atoms with E-state index >= 15 is 0 Å². The first-order chi connectivity index (χ1) is 21.3. The van der Waals surface area contributed by atoms with Crippen LogP contribution in [-0.4, -0.2) is 29.9 Å². The fraction of sp³-hybridized carbons (Fsp3) is 0.0556. The molecule has 3 aromatic carbocycles. The lowest BCUT2D eigenvalue weighted by Crippen LogP contribution is -2.18. The molecule has 0 saturated carbocycles. The monoisotopic (exact) mass is 618 g/mol. The molecule has 8 aromatic rings. The van der Waals surface area contributed by atoms with Gasteiger partial charge in [-0.3, -0.25) is 9.13 Å². The summed E-state index contributed by atoms with van der Waals surface area (Å²) < 4.78 is 5.18. The fourth-order valence-electron chi connectivity index (χ4n) is 6.58. The largest absolute Gasteiger partial charge is 0.278 e. The Morgan fingerprint density at radius 1 is 0.628 bits per heavy atom. The van der Waals surface area contributed by atoms with Gasteiger partial charge >= 0.3 is 0 Å². The third-order valence-electron chi connectivity index (χ3n) is 8.42. The van der Waals surface area contributed by atoms with Gasteiger partial charge in [0, 0.05) is 44.9 Å². The van der Waals surface area contributed by atoms with Crippen LogP contribution in [0, 0.1) is 0 Å². The maximum Gasteiger partial charge on any atom is 0.147 e. The van der Waals surface area contributed by atoms with Gasteiger partial charge in [0.15, 0.2) is 0 Å². The van der Waals surface area contributed by atoms with Crippen LogP contribution in [0.1, 0.15) is 17.5 Å². The normalized spacial score (nSPS) is 16.2. The molecule has 0 bridgehead atoms. The molecule has 0 N–H and O–H groups in total. The van der Waals surface area contributed by atoms with E-state index < -0.39 is 0 Å². The molecule has 0 atom stereocenters. The highest BCUT2D eigenvalue weighted by molar-refractivity contribution is 9.11. The van der Waals surface area contributed by atoms with E-state index in [0.717, 1.165) is 84.1 Å². The van der Waals surface area contributed by atoms with Crippen molar-refractivity contribution in [1.29, 1.82) is 0 Å². The number of hydrogen-bond donors (Lipinski definition) is 0. The van der Waals surface area contributed by atoms with Crippen molar-refractivity contribution >= 4 is 76.5 Å². The van der Waals surface area contributed by atoms with Crippen molar-refractivity contribution in [1.82, 2.24) is 24.1 Å². The predicted molar refractivity (Wildman–Crippen MR) is 178 cm³/mol. The van der Waals surface area contributed by atoms with Crippen LogP contribution in [0.2, 0.25) is 0 Å². The summed E-state index contributed by atoms with van der Waals surface area (Å²) in [5, 5.41) is 5.63. The number of aryl methyl sites for hydroxylation is 1. The van der Waals surface area contributed by atoms with Gasteiger partial charge in [-0.15, -0.1) is 0 Å². The summed E-state index contributed by atoms with van der Waals surface area (Å²) >= 11 is 3.73. The van der Waals surface area contributed by atoms with Gasteiger partial charge in [0.2, 0.25) is 0 Å². The fourth-order valence-corrected chi connectivity index (χ4v) is 6.97. The topological polar surface area (TPSA) is 60.9 Å². The molecule has 0 amide bonds. The third-order valence-corrected chi connectivity index (χ3v) is 8.92. The van der Waals surface area contributed by atoms with Crippen molar-refractivity contribution in [3.05, 3.63) is 131 Å². The van der Waals surface area contributed by atoms with Crippen molar-refractivity contribution in [2.75, 3.05) is 0 Å². The Bertz CT molecular complexity index is 2380. The Morgan fingerprint density at radius 2 is 1.26 bits per heavy atom. The zero-order valence-corrected chi connectivity index (χ0v) is 24.5. The van der Waals surface area contributed by atoms with Crippen LogP contribution in [0.15, 0.2) is 125 Å². The summed E-state index contributed by atoms with van der Waals surface area (Å²) in [6, 6.07) is 33.7. The van der Waals surface area contributed by atoms with E-state index in [1.54, 1.807) is 0 Å². The van der Waals surface area contributed by atoms with Gasteiger partial charge in [0.1, 0.15) is 27.6 Å². The van der Waals surface area contributed by atoms with Crippen LogP contribution < -0.4 is 0 Å². The van der Waals surface area contributed by atoms with Crippen molar-refractivity contribution in [3.8, 4) is 5.82 Å². The molecule has 1 aliphatic heterocycles. The predicted octanol–water partition coefficient (Wildman–Crippen LogP) is 8.71. The Labute approximate surface area is 254 Å². The molecule has 0 unspecified atom stereocenters. The number of halogens is 1. The minimum Gasteiger partial charge on any atom is -0.278 e. The third kappa shape index (κ3) is 3.64. The quantitative estimate of drug-likeness (QED) is 0.173. The molecule has 0 fully saturated rings. The summed E-state index contributed by atoms with van der Waals surface area (Å²) in [6.07, 6.45) is 7.51. The molecule has 9 rings (SSSR count). The first kappa shape index (κ1) is 24.5. The zero-order chi connectivity index (χ0) is 28.5. The number of pyridine rings is 3. The molecular weight excluding hydrogens is 596 g/mol. The van der Waals surface area contributed by atoms with Crippen LogP contribution >= 0.6 is 15.9 Å². The highest BCUT2D eigenvalue weighted by Gasteiger charge is 2.23. The molecule has 1 aliphatic rings. The molecule has 0 saturated heterocycles. The minimum absolute atomic E-state index is 0.813. The minimum atomic E-state index is 0.813. The van der Waals surface area contributed by atoms with Crippen LogP contribution in [0.25, 0.3) is 60.6 Å². The number of benzene rings is 3. The molecule has 7 heteroatoms. The Balaban J connectivity index is 1.34. The number of aliphatic imine (C=N–C) groups is 1. The lowest BCUT2D eigenvalue weighted by Gasteiger charge is -2.19. The van der Waals surface area contributed by atoms with Gasteiger partial charge < -0.3 is 0 Å². The number of aromatic nitrogens is 5. The van der Waals surface area contributed by atoms with E-state index in [0.29, 0.717) is 0 Å². The maximum atomic E-state index is 5.37. The van der Waals surface area contributed by atoms with Crippen molar-refractivity contribution in [2.45, 2.75) is 12.8 Å². The van der Waals surface area contributed by atoms with Gasteiger partial charge in [0.05, 0.1) is 16.6 Å². The second-order valence-electron chi connectivity index (χ2n) is 10.8. The van der Waals surface area contributed by atoms with Crippen molar-refractivity contribution in [2.24, 2.45) is 4.99 Å². The molecule has 0 radical (unpaired) electrons. The van der Waals surface area contributed by atoms with E-state index in [-0.39, 0.29) is 0 Å². The first-order valence-electron chi connectivity index (χ1n) is 14.3. The van der Waals surface area contributed by atoms with E-state index in [1.165, 1.54) is 10.9 Å². The highest BCUT2D eigenvalue weighted by atomic mass is 79.9. The lowest BCUT2D eigenvalue weighted by atomic mass is 9.97. The second kappa shape index (κ2) is 9.44. The molecule has 0 spiro atoms. The molecule has 6 heterocycles. The maximum absolute atomic E-state index is 5.37. The van der Waals surface area contributed by atoms with Gasteiger partial charge in [-0.05, 0) is 82.9 Å². The van der Waals surface area contributed by atoms with Gasteiger partial charge in [-0.25, -0.2) is 19.9 Å². The molecule has 43 heavy (non-hydrogen) atoms. The number of rotatable bonds is 1. The smallest absolute Gasteiger partial charge is 0.147 e. The molecule has 0 aliphatic carbocycles. The zero-order valence-electron chi connectivity index (χ0n) is 22.9. The highest BCUT2D eigenvalue weighted by Crippen LogP contribution is 2.35. The summed E-state index contributed by atoms with van der Waals surface area (Å²) in [4.78, 5) is 20.1. The van der Waals surface area contributed by atoms with Crippen LogP contribution in [0.5, 0.6) is 0 Å². The van der Waals surface area contributed by atoms with Gasteiger partial charge in [-0.1, -0.05) is 54.6 Å². The second-order valence-corrected chi connectivity index (χ2v) is 11.6. The van der Waals surface area contributed by atoms with Crippen molar-refractivity contribution < 1.29 is 0 Å². The Kier molecular flexibility index (Phi) is 5.37. The van der Waals surface area contributed by atoms with E-state index in [1.807, 2.05) is 24.5 Å². The van der Waals surface area contributed by atoms with E-state index in [2.05, 4.69) is 116 Å². The standard InChI is InChI=1S/C36H23BrN6/c37-31-15-5-10-25-28(36(40-31)43-30-14-4-2-9-24(30)27-12-7-21-39-35(27)43)18-16-22-17-19-32(41-33(22)25)42-29-13-3-1-8-23(29)26-11-6-20-38-34(26)42/h1-4,6-9,11-21H,5,10H2/b31-15-,40-36+. The Morgan fingerprint density at radius 3 is 2.00 bits per heavy atom. The first-order valence-corrected chi connectivity index (χ1v) is 15.1. The van der Waals surface area contributed by atoms with Crippen LogP contribution in [-0.2, 0) is 6.42 Å². The summed E-state index contributed by atoms with van der Waals surface area (Å²) in [5.41, 5.74) is 7.14. The molecular formula is C36H23BrN6. The van der Waals surface area contributed by atoms with E-state index in [4.69, 9.17) is 19.9 Å². The SMILES string of the molecule is BrC1=C/CCc2c(ccc3ccc(-n4c5ccccc5c5cccnc54)nc23)/C(n2c3ccccc3c3cccnc32)=N\1. The lowest BCUT2D eigenvalue weighted by molar-refractivity contribution is 0.981. The number of hydrogen-bond acceptors (Lipinski definition) is 4. The number of para-hydroxylation sites is 2. The van der Waals surface area contributed by atoms with Crippen molar-refractivity contribution in [3.63, 3.8) is 0 Å². The summed E-state index contributed by atoms with van der Waals surface area (Å²) in [7, 11) is 0. The van der Waals surface area contributed by atoms with E-state index in [9.17, 15) is 0 Å². The van der Waals surface area contributed by atoms with Crippen LogP contribution in [0.3, 0.4) is 0 Å². The Hall–Kier alpha value is -5.14. The average molecular weight is 620 g/mol. The number of nitrogens with zero attached hydrogens (tertiary/aromatic N) is 6. The summed E-state index contributed by atoms with van der Waals surface area (Å²) in [6.45, 7) is 0.